The zero-order chi connectivity index (χ0) is 13.2. The van der Waals surface area contributed by atoms with Gasteiger partial charge < -0.3 is 0 Å². The first-order valence-electron chi connectivity index (χ1n) is 6.05. The summed E-state index contributed by atoms with van der Waals surface area (Å²) in [6.07, 6.45) is 0.993. The second-order valence-electron chi connectivity index (χ2n) is 4.14. The van der Waals surface area contributed by atoms with Crippen molar-refractivity contribution in [3.05, 3.63) is 44.7 Å². The van der Waals surface area contributed by atoms with Gasteiger partial charge in [-0.05, 0) is 41.5 Å². The zero-order valence-electron chi connectivity index (χ0n) is 10.4. The molecule has 98 valence electrons. The van der Waals surface area contributed by atoms with E-state index in [1.165, 1.54) is 4.88 Å². The molecule has 1 atom stereocenters. The lowest BCUT2D eigenvalue weighted by Gasteiger charge is -2.16. The molecule has 0 aliphatic carbocycles. The average molecular weight is 307 g/mol. The quantitative estimate of drug-likeness (QED) is 0.707. The minimum absolute atomic E-state index is 0.253. The number of aromatic nitrogens is 3. The minimum Gasteiger partial charge on any atom is -0.291 e. The molecule has 19 heavy (non-hydrogen) atoms. The standard InChI is InChI=1S/C13H13N3S3/c1-2-9(10-5-3-7-18-10)16-12(14-15-13(16)17)11-6-4-8-19-11/h3-9H,2H2,1H3,(H,15,17). The van der Waals surface area contributed by atoms with Crippen LogP contribution >= 0.6 is 34.9 Å². The number of H-pyrrole nitrogens is 1. The number of nitrogens with zero attached hydrogens (tertiary/aromatic N) is 2. The third kappa shape index (κ3) is 2.31. The van der Waals surface area contributed by atoms with Crippen molar-refractivity contribution in [2.24, 2.45) is 0 Å². The molecule has 0 amide bonds. The monoisotopic (exact) mass is 307 g/mol. The Morgan fingerprint density at radius 1 is 1.32 bits per heavy atom. The largest absolute Gasteiger partial charge is 0.291 e. The number of rotatable bonds is 4. The first-order chi connectivity index (χ1) is 9.31. The van der Waals surface area contributed by atoms with Crippen LogP contribution < -0.4 is 0 Å². The van der Waals surface area contributed by atoms with Gasteiger partial charge in [-0.1, -0.05) is 19.1 Å². The van der Waals surface area contributed by atoms with Gasteiger partial charge in [0.15, 0.2) is 10.6 Å². The molecule has 0 fully saturated rings. The van der Waals surface area contributed by atoms with Gasteiger partial charge in [0.2, 0.25) is 0 Å². The summed E-state index contributed by atoms with van der Waals surface area (Å²) in [6.45, 7) is 2.18. The second-order valence-corrected chi connectivity index (χ2v) is 6.45. The van der Waals surface area contributed by atoms with Crippen LogP contribution in [0.15, 0.2) is 35.0 Å². The van der Waals surface area contributed by atoms with E-state index < -0.39 is 0 Å². The molecule has 0 saturated heterocycles. The van der Waals surface area contributed by atoms with Crippen molar-refractivity contribution in [1.82, 2.24) is 14.8 Å². The average Bonchev–Trinajstić information content (AvgIpc) is 3.12. The molecule has 0 saturated carbocycles. The van der Waals surface area contributed by atoms with Crippen LogP contribution in [0.4, 0.5) is 0 Å². The molecule has 1 N–H and O–H groups in total. The smallest absolute Gasteiger partial charge is 0.196 e. The summed E-state index contributed by atoms with van der Waals surface area (Å²) in [5.74, 6) is 0.931. The van der Waals surface area contributed by atoms with Crippen molar-refractivity contribution in [1.29, 1.82) is 0 Å². The lowest BCUT2D eigenvalue weighted by Crippen LogP contribution is -2.09. The van der Waals surface area contributed by atoms with Gasteiger partial charge >= 0.3 is 0 Å². The topological polar surface area (TPSA) is 33.6 Å². The van der Waals surface area contributed by atoms with Gasteiger partial charge in [0.25, 0.3) is 0 Å². The third-order valence-electron chi connectivity index (χ3n) is 3.02. The first-order valence-corrected chi connectivity index (χ1v) is 8.22. The van der Waals surface area contributed by atoms with E-state index in [0.717, 1.165) is 17.1 Å². The predicted molar refractivity (Wildman–Crippen MR) is 83.5 cm³/mol. The van der Waals surface area contributed by atoms with Gasteiger partial charge in [-0.25, -0.2) is 0 Å². The maximum absolute atomic E-state index is 5.42. The highest BCUT2D eigenvalue weighted by Gasteiger charge is 2.19. The number of aromatic amines is 1. The fourth-order valence-electron chi connectivity index (χ4n) is 2.17. The van der Waals surface area contributed by atoms with Crippen LogP contribution in [0.25, 0.3) is 10.7 Å². The molecule has 3 heterocycles. The van der Waals surface area contributed by atoms with Gasteiger partial charge in [0, 0.05) is 4.88 Å². The second kappa shape index (κ2) is 5.40. The molecule has 0 aromatic carbocycles. The number of hydrogen-bond donors (Lipinski definition) is 1. The van der Waals surface area contributed by atoms with Crippen LogP contribution in [-0.4, -0.2) is 14.8 Å². The Balaban J connectivity index is 2.14. The van der Waals surface area contributed by atoms with Crippen LogP contribution in [0.3, 0.4) is 0 Å². The minimum atomic E-state index is 0.253. The molecule has 3 nitrogen and oxygen atoms in total. The van der Waals surface area contributed by atoms with E-state index >= 15 is 0 Å². The van der Waals surface area contributed by atoms with E-state index in [4.69, 9.17) is 12.2 Å². The summed E-state index contributed by atoms with van der Waals surface area (Å²) in [7, 11) is 0. The Hall–Kier alpha value is -1.24. The summed E-state index contributed by atoms with van der Waals surface area (Å²) in [6, 6.07) is 8.60. The molecule has 3 aromatic heterocycles. The van der Waals surface area contributed by atoms with Gasteiger partial charge in [0.05, 0.1) is 10.9 Å². The van der Waals surface area contributed by atoms with E-state index in [1.807, 2.05) is 6.07 Å². The summed E-state index contributed by atoms with van der Waals surface area (Å²) in [5, 5.41) is 11.5. The van der Waals surface area contributed by atoms with Crippen molar-refractivity contribution in [3.63, 3.8) is 0 Å². The molecule has 0 aliphatic heterocycles. The van der Waals surface area contributed by atoms with Gasteiger partial charge in [-0.15, -0.1) is 22.7 Å². The van der Waals surface area contributed by atoms with Crippen LogP contribution in [0.5, 0.6) is 0 Å². The van der Waals surface area contributed by atoms with Crippen molar-refractivity contribution in [2.75, 3.05) is 0 Å². The number of nitrogens with one attached hydrogen (secondary N) is 1. The first kappa shape index (κ1) is 12.8. The molecule has 0 spiro atoms. The number of thiophene rings is 2. The normalized spacial score (nSPS) is 12.7. The summed E-state index contributed by atoms with van der Waals surface area (Å²) in [5.41, 5.74) is 0. The zero-order valence-corrected chi connectivity index (χ0v) is 12.8. The fourth-order valence-corrected chi connectivity index (χ4v) is 4.04. The molecule has 3 aromatic rings. The Bertz CT molecular complexity index is 692. The van der Waals surface area contributed by atoms with E-state index in [2.05, 4.69) is 50.6 Å². The van der Waals surface area contributed by atoms with E-state index in [0.29, 0.717) is 4.77 Å². The molecule has 1 unspecified atom stereocenters. The van der Waals surface area contributed by atoms with Crippen molar-refractivity contribution < 1.29 is 0 Å². The highest BCUT2D eigenvalue weighted by Crippen LogP contribution is 2.32. The van der Waals surface area contributed by atoms with Crippen molar-refractivity contribution in [2.45, 2.75) is 19.4 Å². The predicted octanol–water partition coefficient (Wildman–Crippen LogP) is 4.73. The molecular formula is C13H13N3S3. The highest BCUT2D eigenvalue weighted by atomic mass is 32.1. The SMILES string of the molecule is CCC(c1cccs1)n1c(-c2cccs2)n[nH]c1=S. The Kier molecular flexibility index (Phi) is 3.63. The molecule has 0 radical (unpaired) electrons. The summed E-state index contributed by atoms with van der Waals surface area (Å²) < 4.78 is 2.82. The summed E-state index contributed by atoms with van der Waals surface area (Å²) in [4.78, 5) is 2.46. The van der Waals surface area contributed by atoms with Crippen LogP contribution in [0, 0.1) is 4.77 Å². The van der Waals surface area contributed by atoms with Crippen LogP contribution in [-0.2, 0) is 0 Å². The Morgan fingerprint density at radius 2 is 2.11 bits per heavy atom. The van der Waals surface area contributed by atoms with E-state index in [9.17, 15) is 0 Å². The lowest BCUT2D eigenvalue weighted by molar-refractivity contribution is 0.574. The van der Waals surface area contributed by atoms with Crippen LogP contribution in [0.2, 0.25) is 0 Å². The Labute approximate surface area is 124 Å². The number of hydrogen-bond acceptors (Lipinski definition) is 4. The van der Waals surface area contributed by atoms with E-state index in [-0.39, 0.29) is 6.04 Å². The van der Waals surface area contributed by atoms with Crippen molar-refractivity contribution in [3.8, 4) is 10.7 Å². The van der Waals surface area contributed by atoms with Gasteiger partial charge in [-0.2, -0.15) is 5.10 Å². The molecule has 6 heteroatoms. The van der Waals surface area contributed by atoms with Crippen LogP contribution in [0.1, 0.15) is 24.3 Å². The molecule has 0 bridgehead atoms. The fraction of sp³-hybridized carbons (Fsp3) is 0.231. The summed E-state index contributed by atoms with van der Waals surface area (Å²) >= 11 is 8.86. The Morgan fingerprint density at radius 3 is 2.74 bits per heavy atom. The highest BCUT2D eigenvalue weighted by molar-refractivity contribution is 7.71. The molecular weight excluding hydrogens is 294 g/mol. The lowest BCUT2D eigenvalue weighted by atomic mass is 10.2. The van der Waals surface area contributed by atoms with Gasteiger partial charge in [-0.3, -0.25) is 9.67 Å². The molecule has 3 rings (SSSR count). The molecule has 0 aliphatic rings. The maximum atomic E-state index is 5.42. The van der Waals surface area contributed by atoms with E-state index in [1.54, 1.807) is 22.7 Å². The van der Waals surface area contributed by atoms with Crippen molar-refractivity contribution >= 4 is 34.9 Å². The van der Waals surface area contributed by atoms with Gasteiger partial charge in [0.1, 0.15) is 0 Å². The maximum Gasteiger partial charge on any atom is 0.196 e. The third-order valence-corrected chi connectivity index (χ3v) is 5.14.